The highest BCUT2D eigenvalue weighted by molar-refractivity contribution is 7.99. The molecule has 0 bridgehead atoms. The van der Waals surface area contributed by atoms with Gasteiger partial charge in [-0.25, -0.2) is 0 Å². The number of thioether (sulfide) groups is 1. The number of nitrogens with zero attached hydrogens (tertiary/aromatic N) is 5. The first kappa shape index (κ1) is 17.5. The van der Waals surface area contributed by atoms with Crippen molar-refractivity contribution in [3.8, 4) is 0 Å². The number of rotatable bonds is 4. The molecule has 2 aliphatic heterocycles. The predicted octanol–water partition coefficient (Wildman–Crippen LogP) is 1.96. The largest absolute Gasteiger partial charge is 0.342 e. The molecule has 7 heteroatoms. The fourth-order valence-electron chi connectivity index (χ4n) is 3.93. The van der Waals surface area contributed by atoms with Crippen LogP contribution in [0.15, 0.2) is 35.7 Å². The van der Waals surface area contributed by atoms with Crippen LogP contribution in [0, 0.1) is 0 Å². The highest BCUT2D eigenvalue weighted by atomic mass is 32.2. The van der Waals surface area contributed by atoms with Gasteiger partial charge in [0.25, 0.3) is 0 Å². The molecule has 1 aromatic heterocycles. The van der Waals surface area contributed by atoms with E-state index in [0.717, 1.165) is 50.6 Å². The molecule has 1 fully saturated rings. The third-order valence-corrected chi connectivity index (χ3v) is 6.51. The van der Waals surface area contributed by atoms with Crippen LogP contribution in [0.25, 0.3) is 0 Å². The van der Waals surface area contributed by atoms with Gasteiger partial charge in [0.2, 0.25) is 5.91 Å². The number of carbonyl (C=O) groups excluding carboxylic acids is 1. The van der Waals surface area contributed by atoms with Crippen molar-refractivity contribution in [2.24, 2.45) is 7.05 Å². The minimum absolute atomic E-state index is 0.209. The van der Waals surface area contributed by atoms with Crippen LogP contribution in [-0.2, 0) is 24.8 Å². The van der Waals surface area contributed by atoms with Crippen LogP contribution < -0.4 is 0 Å². The zero-order valence-corrected chi connectivity index (χ0v) is 16.0. The van der Waals surface area contributed by atoms with Gasteiger partial charge in [-0.15, -0.1) is 10.2 Å². The van der Waals surface area contributed by atoms with Gasteiger partial charge in [0.15, 0.2) is 5.16 Å². The number of hydrogen-bond acceptors (Lipinski definition) is 5. The fourth-order valence-corrected chi connectivity index (χ4v) is 4.72. The number of piperidine rings is 1. The Labute approximate surface area is 158 Å². The normalized spacial score (nSPS) is 18.7. The van der Waals surface area contributed by atoms with Gasteiger partial charge in [-0.05, 0) is 30.4 Å². The van der Waals surface area contributed by atoms with Crippen molar-refractivity contribution in [1.29, 1.82) is 0 Å². The molecule has 0 aliphatic carbocycles. The van der Waals surface area contributed by atoms with E-state index in [1.54, 1.807) is 6.33 Å². The van der Waals surface area contributed by atoms with E-state index < -0.39 is 0 Å². The maximum absolute atomic E-state index is 12.5. The summed E-state index contributed by atoms with van der Waals surface area (Å²) >= 11 is 1.46. The molecule has 1 saturated heterocycles. The van der Waals surface area contributed by atoms with E-state index in [-0.39, 0.29) is 5.91 Å². The second-order valence-electron chi connectivity index (χ2n) is 7.11. The van der Waals surface area contributed by atoms with Gasteiger partial charge >= 0.3 is 0 Å². The first-order valence-corrected chi connectivity index (χ1v) is 10.2. The van der Waals surface area contributed by atoms with Crippen LogP contribution in [0.4, 0.5) is 0 Å². The maximum Gasteiger partial charge on any atom is 0.233 e. The summed E-state index contributed by atoms with van der Waals surface area (Å²) < 4.78 is 1.85. The molecule has 0 radical (unpaired) electrons. The third-order valence-electron chi connectivity index (χ3n) is 5.49. The number of aryl methyl sites for hydroxylation is 1. The summed E-state index contributed by atoms with van der Waals surface area (Å²) in [7, 11) is 1.90. The number of amides is 1. The number of benzene rings is 1. The van der Waals surface area contributed by atoms with Crippen molar-refractivity contribution in [2.75, 3.05) is 25.4 Å². The summed E-state index contributed by atoms with van der Waals surface area (Å²) in [4.78, 5) is 17.1. The summed E-state index contributed by atoms with van der Waals surface area (Å²) in [6.07, 6.45) is 4.95. The van der Waals surface area contributed by atoms with E-state index in [1.807, 2.05) is 16.5 Å². The fraction of sp³-hybridized carbons (Fsp3) is 0.526. The zero-order valence-electron chi connectivity index (χ0n) is 15.2. The predicted molar refractivity (Wildman–Crippen MR) is 102 cm³/mol. The molecule has 1 amide bonds. The quantitative estimate of drug-likeness (QED) is 0.769. The minimum Gasteiger partial charge on any atom is -0.342 e. The Morgan fingerprint density at radius 2 is 1.96 bits per heavy atom. The molecule has 2 aromatic rings. The lowest BCUT2D eigenvalue weighted by molar-refractivity contribution is -0.130. The van der Waals surface area contributed by atoms with Crippen molar-refractivity contribution < 1.29 is 4.79 Å². The van der Waals surface area contributed by atoms with E-state index in [2.05, 4.69) is 39.4 Å². The molecule has 6 nitrogen and oxygen atoms in total. The van der Waals surface area contributed by atoms with Gasteiger partial charge < -0.3 is 9.47 Å². The molecule has 0 saturated carbocycles. The molecule has 0 atom stereocenters. The SMILES string of the molecule is Cn1cnnc1SCC(=O)N1CCC(N2CCc3ccccc3C2)CC1. The zero-order chi connectivity index (χ0) is 17.9. The Bertz CT molecular complexity index is 769. The molecule has 0 spiro atoms. The van der Waals surface area contributed by atoms with Crippen LogP contribution in [0.2, 0.25) is 0 Å². The number of carbonyl (C=O) groups is 1. The molecule has 1 aromatic carbocycles. The molecule has 0 unspecified atom stereocenters. The Hall–Kier alpha value is -1.86. The van der Waals surface area contributed by atoms with Crippen molar-refractivity contribution in [3.05, 3.63) is 41.7 Å². The first-order chi connectivity index (χ1) is 12.7. The van der Waals surface area contributed by atoms with E-state index in [4.69, 9.17) is 0 Å². The number of hydrogen-bond donors (Lipinski definition) is 0. The van der Waals surface area contributed by atoms with Gasteiger partial charge in [-0.3, -0.25) is 9.69 Å². The van der Waals surface area contributed by atoms with Crippen molar-refractivity contribution in [3.63, 3.8) is 0 Å². The minimum atomic E-state index is 0.209. The number of fused-ring (bicyclic) bond motifs is 1. The van der Waals surface area contributed by atoms with Gasteiger partial charge in [0.05, 0.1) is 5.75 Å². The second kappa shape index (κ2) is 7.80. The van der Waals surface area contributed by atoms with Crippen molar-refractivity contribution in [2.45, 2.75) is 37.0 Å². The molecule has 26 heavy (non-hydrogen) atoms. The molecule has 4 rings (SSSR count). The van der Waals surface area contributed by atoms with Crippen molar-refractivity contribution in [1.82, 2.24) is 24.6 Å². The van der Waals surface area contributed by atoms with Crippen molar-refractivity contribution >= 4 is 17.7 Å². The van der Waals surface area contributed by atoms with E-state index >= 15 is 0 Å². The monoisotopic (exact) mass is 371 g/mol. The molecular formula is C19H25N5OS. The summed E-state index contributed by atoms with van der Waals surface area (Å²) in [6, 6.07) is 9.38. The van der Waals surface area contributed by atoms with Gasteiger partial charge in [-0.2, -0.15) is 0 Å². The lowest BCUT2D eigenvalue weighted by Crippen LogP contribution is -2.48. The molecule has 0 N–H and O–H groups in total. The maximum atomic E-state index is 12.5. The molecule has 138 valence electrons. The Morgan fingerprint density at radius 3 is 2.69 bits per heavy atom. The highest BCUT2D eigenvalue weighted by Gasteiger charge is 2.28. The number of likely N-dealkylation sites (tertiary alicyclic amines) is 1. The first-order valence-electron chi connectivity index (χ1n) is 9.26. The second-order valence-corrected chi connectivity index (χ2v) is 8.06. The highest BCUT2D eigenvalue weighted by Crippen LogP contribution is 2.25. The molecule has 2 aliphatic rings. The summed E-state index contributed by atoms with van der Waals surface area (Å²) in [6.45, 7) is 3.91. The summed E-state index contributed by atoms with van der Waals surface area (Å²) in [5.74, 6) is 0.648. The average molecular weight is 372 g/mol. The van der Waals surface area contributed by atoms with E-state index in [9.17, 15) is 4.79 Å². The standard InChI is InChI=1S/C19H25N5OS/c1-22-14-20-21-19(22)26-13-18(25)23-10-7-17(8-11-23)24-9-6-15-4-2-3-5-16(15)12-24/h2-5,14,17H,6-13H2,1H3. The Balaban J connectivity index is 1.26. The van der Waals surface area contributed by atoms with Crippen LogP contribution in [0.5, 0.6) is 0 Å². The smallest absolute Gasteiger partial charge is 0.233 e. The third kappa shape index (κ3) is 3.78. The lowest BCUT2D eigenvalue weighted by atomic mass is 9.95. The van der Waals surface area contributed by atoms with E-state index in [0.29, 0.717) is 11.8 Å². The van der Waals surface area contributed by atoms with Gasteiger partial charge in [-0.1, -0.05) is 36.0 Å². The van der Waals surface area contributed by atoms with Crippen LogP contribution >= 0.6 is 11.8 Å². The number of aromatic nitrogens is 3. The van der Waals surface area contributed by atoms with Crippen LogP contribution in [0.3, 0.4) is 0 Å². The summed E-state index contributed by atoms with van der Waals surface area (Å²) in [5.41, 5.74) is 2.97. The Morgan fingerprint density at radius 1 is 1.19 bits per heavy atom. The van der Waals surface area contributed by atoms with Crippen LogP contribution in [-0.4, -0.2) is 61.9 Å². The summed E-state index contributed by atoms with van der Waals surface area (Å²) in [5, 5.41) is 8.67. The lowest BCUT2D eigenvalue weighted by Gasteiger charge is -2.40. The Kier molecular flexibility index (Phi) is 5.26. The average Bonchev–Trinajstić information content (AvgIpc) is 3.10. The molecule has 3 heterocycles. The van der Waals surface area contributed by atoms with E-state index in [1.165, 1.54) is 22.9 Å². The molecular weight excluding hydrogens is 346 g/mol. The van der Waals surface area contributed by atoms with Crippen LogP contribution in [0.1, 0.15) is 24.0 Å². The van der Waals surface area contributed by atoms with Gasteiger partial charge in [0, 0.05) is 39.3 Å². The topological polar surface area (TPSA) is 54.3 Å². The van der Waals surface area contributed by atoms with Gasteiger partial charge in [0.1, 0.15) is 6.33 Å².